The highest BCUT2D eigenvalue weighted by atomic mass is 35.5. The summed E-state index contributed by atoms with van der Waals surface area (Å²) in [6.45, 7) is 3.37. The van der Waals surface area contributed by atoms with Crippen LogP contribution >= 0.6 is 11.6 Å². The largest absolute Gasteiger partial charge is 0.497 e. The molecule has 2 aromatic carbocycles. The lowest BCUT2D eigenvalue weighted by atomic mass is 9.90. The van der Waals surface area contributed by atoms with Crippen molar-refractivity contribution in [3.63, 3.8) is 0 Å². The third-order valence-electron chi connectivity index (χ3n) is 7.15. The first kappa shape index (κ1) is 23.7. The zero-order chi connectivity index (χ0) is 23.4. The minimum absolute atomic E-state index is 0.148. The first-order chi connectivity index (χ1) is 16.0. The number of amides is 1. The quantitative estimate of drug-likeness (QED) is 0.588. The highest BCUT2D eigenvalue weighted by Gasteiger charge is 2.58. The van der Waals surface area contributed by atoms with Crippen molar-refractivity contribution in [2.75, 3.05) is 41.0 Å². The van der Waals surface area contributed by atoms with Gasteiger partial charge in [0.05, 0.1) is 21.3 Å². The van der Waals surface area contributed by atoms with Crippen molar-refractivity contribution in [2.45, 2.75) is 32.2 Å². The molecule has 1 aliphatic carbocycles. The van der Waals surface area contributed by atoms with Gasteiger partial charge >= 0.3 is 0 Å². The second kappa shape index (κ2) is 10.2. The molecule has 1 saturated carbocycles. The molecule has 1 saturated heterocycles. The van der Waals surface area contributed by atoms with Gasteiger partial charge < -0.3 is 19.5 Å². The molecule has 7 heteroatoms. The highest BCUT2D eigenvalue weighted by molar-refractivity contribution is 6.31. The Morgan fingerprint density at radius 2 is 1.82 bits per heavy atom. The van der Waals surface area contributed by atoms with E-state index in [0.29, 0.717) is 23.1 Å². The molecular weight excluding hydrogens is 440 g/mol. The molecule has 33 heavy (non-hydrogen) atoms. The van der Waals surface area contributed by atoms with Gasteiger partial charge in [-0.2, -0.15) is 0 Å². The Morgan fingerprint density at radius 1 is 1.09 bits per heavy atom. The molecule has 2 aromatic rings. The Hall–Kier alpha value is -2.44. The Balaban J connectivity index is 1.24. The average Bonchev–Trinajstić information content (AvgIpc) is 3.55. The van der Waals surface area contributed by atoms with E-state index in [1.807, 2.05) is 30.3 Å². The van der Waals surface area contributed by atoms with Crippen LogP contribution in [-0.2, 0) is 17.8 Å². The molecule has 0 aromatic heterocycles. The zero-order valence-corrected chi connectivity index (χ0v) is 20.4. The fourth-order valence-electron chi connectivity index (χ4n) is 4.97. The Bertz CT molecular complexity index is 988. The van der Waals surface area contributed by atoms with E-state index in [-0.39, 0.29) is 17.2 Å². The van der Waals surface area contributed by atoms with Gasteiger partial charge in [-0.05, 0) is 73.5 Å². The minimum Gasteiger partial charge on any atom is -0.497 e. The van der Waals surface area contributed by atoms with Crippen LogP contribution in [0.5, 0.6) is 17.2 Å². The van der Waals surface area contributed by atoms with Gasteiger partial charge in [-0.15, -0.1) is 0 Å². The first-order valence-electron chi connectivity index (χ1n) is 11.5. The zero-order valence-electron chi connectivity index (χ0n) is 19.7. The number of methoxy groups -OCH3 is 3. The van der Waals surface area contributed by atoms with E-state index in [0.717, 1.165) is 56.6 Å². The van der Waals surface area contributed by atoms with E-state index >= 15 is 0 Å². The Morgan fingerprint density at radius 3 is 2.52 bits per heavy atom. The molecule has 1 atom stereocenters. The molecule has 0 bridgehead atoms. The first-order valence-corrected chi connectivity index (χ1v) is 11.9. The molecule has 1 spiro atoms. The van der Waals surface area contributed by atoms with Crippen LogP contribution in [0.2, 0.25) is 5.02 Å². The Labute approximate surface area is 201 Å². The molecule has 1 amide bonds. The van der Waals surface area contributed by atoms with Crippen LogP contribution < -0.4 is 19.5 Å². The molecule has 2 aliphatic rings. The Kier molecular flexibility index (Phi) is 7.35. The topological polar surface area (TPSA) is 60.0 Å². The SMILES string of the molecule is COc1cccc(CCNC(=O)[C@@H]2CC23CCN(Cc2cc(OC)c(OC)cc2Cl)CC3)c1. The smallest absolute Gasteiger partial charge is 0.223 e. The fraction of sp³-hybridized carbons (Fsp3) is 0.500. The monoisotopic (exact) mass is 472 g/mol. The number of piperidine rings is 1. The van der Waals surface area contributed by atoms with Gasteiger partial charge in [-0.3, -0.25) is 9.69 Å². The van der Waals surface area contributed by atoms with Crippen molar-refractivity contribution < 1.29 is 19.0 Å². The van der Waals surface area contributed by atoms with Crippen LogP contribution in [0.15, 0.2) is 36.4 Å². The minimum atomic E-state index is 0.148. The van der Waals surface area contributed by atoms with Crippen LogP contribution in [0.25, 0.3) is 0 Å². The predicted molar refractivity (Wildman–Crippen MR) is 129 cm³/mol. The van der Waals surface area contributed by atoms with Gasteiger partial charge in [0.2, 0.25) is 5.91 Å². The van der Waals surface area contributed by atoms with E-state index in [1.165, 1.54) is 5.56 Å². The highest BCUT2D eigenvalue weighted by Crippen LogP contribution is 2.59. The van der Waals surface area contributed by atoms with E-state index in [4.69, 9.17) is 25.8 Å². The van der Waals surface area contributed by atoms with Gasteiger partial charge in [-0.1, -0.05) is 23.7 Å². The molecule has 178 valence electrons. The van der Waals surface area contributed by atoms with Crippen LogP contribution in [0.1, 0.15) is 30.4 Å². The van der Waals surface area contributed by atoms with Crippen molar-refractivity contribution in [1.82, 2.24) is 10.2 Å². The molecule has 0 unspecified atom stereocenters. The van der Waals surface area contributed by atoms with Crippen LogP contribution in [0.3, 0.4) is 0 Å². The number of hydrogen-bond donors (Lipinski definition) is 1. The molecule has 2 fully saturated rings. The number of ether oxygens (including phenoxy) is 3. The summed E-state index contributed by atoms with van der Waals surface area (Å²) in [5, 5.41) is 3.84. The second-order valence-corrected chi connectivity index (χ2v) is 9.49. The third kappa shape index (κ3) is 5.39. The van der Waals surface area contributed by atoms with E-state index in [1.54, 1.807) is 21.3 Å². The normalized spacial score (nSPS) is 19.2. The number of likely N-dealkylation sites (tertiary alicyclic amines) is 1. The van der Waals surface area contributed by atoms with Gasteiger partial charge in [-0.25, -0.2) is 0 Å². The molecule has 1 heterocycles. The van der Waals surface area contributed by atoms with Crippen LogP contribution in [0.4, 0.5) is 0 Å². The van der Waals surface area contributed by atoms with E-state index in [9.17, 15) is 4.79 Å². The molecule has 1 N–H and O–H groups in total. The van der Waals surface area contributed by atoms with E-state index in [2.05, 4.69) is 16.3 Å². The summed E-state index contributed by atoms with van der Waals surface area (Å²) in [7, 11) is 4.91. The number of rotatable bonds is 9. The number of nitrogens with one attached hydrogen (secondary N) is 1. The maximum absolute atomic E-state index is 12.7. The summed E-state index contributed by atoms with van der Waals surface area (Å²) in [4.78, 5) is 15.2. The summed E-state index contributed by atoms with van der Waals surface area (Å²) in [5.41, 5.74) is 2.38. The third-order valence-corrected chi connectivity index (χ3v) is 7.50. The van der Waals surface area contributed by atoms with Crippen molar-refractivity contribution in [3.05, 3.63) is 52.5 Å². The summed E-state index contributed by atoms with van der Waals surface area (Å²) in [6, 6.07) is 11.8. The predicted octanol–water partition coefficient (Wildman–Crippen LogP) is 4.33. The van der Waals surface area contributed by atoms with Crippen LogP contribution in [-0.4, -0.2) is 51.8 Å². The van der Waals surface area contributed by atoms with Crippen LogP contribution in [0, 0.1) is 11.3 Å². The summed E-state index contributed by atoms with van der Waals surface area (Å²) in [6.07, 6.45) is 3.91. The van der Waals surface area contributed by atoms with Crippen molar-refractivity contribution in [1.29, 1.82) is 0 Å². The number of nitrogens with zero attached hydrogens (tertiary/aromatic N) is 1. The van der Waals surface area contributed by atoms with Gasteiger partial charge in [0.25, 0.3) is 0 Å². The summed E-state index contributed by atoms with van der Waals surface area (Å²) >= 11 is 6.48. The standard InChI is InChI=1S/C26H33ClN2O4/c1-31-20-6-4-5-18(13-20)7-10-28-25(30)21-16-26(21)8-11-29(12-9-26)17-19-14-23(32-2)24(33-3)15-22(19)27/h4-6,13-15,21H,7-12,16-17H2,1-3H3,(H,28,30)/t21-/m0/s1. The lowest BCUT2D eigenvalue weighted by molar-refractivity contribution is -0.123. The average molecular weight is 473 g/mol. The fourth-order valence-corrected chi connectivity index (χ4v) is 5.18. The number of hydrogen-bond acceptors (Lipinski definition) is 5. The molecule has 4 rings (SSSR count). The molecular formula is C26H33ClN2O4. The van der Waals surface area contributed by atoms with Gasteiger partial charge in [0, 0.05) is 30.1 Å². The molecule has 6 nitrogen and oxygen atoms in total. The van der Waals surface area contributed by atoms with Crippen molar-refractivity contribution in [3.8, 4) is 17.2 Å². The van der Waals surface area contributed by atoms with E-state index < -0.39 is 0 Å². The number of halogens is 1. The maximum atomic E-state index is 12.7. The summed E-state index contributed by atoms with van der Waals surface area (Å²) in [5.74, 6) is 2.53. The molecule has 1 aliphatic heterocycles. The lowest BCUT2D eigenvalue weighted by Gasteiger charge is -2.33. The second-order valence-electron chi connectivity index (χ2n) is 9.09. The van der Waals surface area contributed by atoms with Crippen molar-refractivity contribution >= 4 is 17.5 Å². The van der Waals surface area contributed by atoms with Gasteiger partial charge in [0.15, 0.2) is 11.5 Å². The summed E-state index contributed by atoms with van der Waals surface area (Å²) < 4.78 is 16.0. The lowest BCUT2D eigenvalue weighted by Crippen LogP contribution is -2.37. The van der Waals surface area contributed by atoms with Crippen molar-refractivity contribution in [2.24, 2.45) is 11.3 Å². The maximum Gasteiger partial charge on any atom is 0.223 e. The number of carbonyl (C=O) groups is 1. The number of carbonyl (C=O) groups excluding carboxylic acids is 1. The number of benzene rings is 2. The van der Waals surface area contributed by atoms with Gasteiger partial charge in [0.1, 0.15) is 5.75 Å². The molecule has 0 radical (unpaired) electrons.